The first-order chi connectivity index (χ1) is 9.25. The van der Waals surface area contributed by atoms with E-state index in [2.05, 4.69) is 4.98 Å². The highest BCUT2D eigenvalue weighted by atomic mass is 35.5. The Morgan fingerprint density at radius 3 is 2.30 bits per heavy atom. The van der Waals surface area contributed by atoms with Gasteiger partial charge in [0.2, 0.25) is 0 Å². The highest BCUT2D eigenvalue weighted by molar-refractivity contribution is 6.52. The first-order valence-electron chi connectivity index (χ1n) is 6.41. The number of aromatic nitrogens is 1. The van der Waals surface area contributed by atoms with Crippen molar-refractivity contribution in [2.24, 2.45) is 0 Å². The summed E-state index contributed by atoms with van der Waals surface area (Å²) in [5, 5.41) is 0.191. The molecule has 1 fully saturated rings. The Labute approximate surface area is 124 Å². The van der Waals surface area contributed by atoms with Crippen molar-refractivity contribution in [3.8, 4) is 0 Å². The average Bonchev–Trinajstić information content (AvgIpc) is 2.55. The van der Waals surface area contributed by atoms with E-state index < -0.39 is 7.12 Å². The predicted octanol–water partition coefficient (Wildman–Crippen LogP) is 3.19. The third-order valence-corrected chi connectivity index (χ3v) is 4.02. The van der Waals surface area contributed by atoms with Gasteiger partial charge in [0.1, 0.15) is 5.15 Å². The molecule has 0 aliphatic carbocycles. The van der Waals surface area contributed by atoms with E-state index >= 15 is 0 Å². The van der Waals surface area contributed by atoms with Crippen LogP contribution in [0.4, 0.5) is 0 Å². The minimum atomic E-state index is -0.425. The highest BCUT2D eigenvalue weighted by Crippen LogP contribution is 2.36. The molecule has 4 nitrogen and oxygen atoms in total. The SMILES string of the molecule is CC1(C)OB(/C=C/c2ccc(C=O)c(Cl)n2)OC1(C)C. The lowest BCUT2D eigenvalue weighted by molar-refractivity contribution is 0.00578. The maximum Gasteiger partial charge on any atom is 0.487 e. The lowest BCUT2D eigenvalue weighted by Gasteiger charge is -2.32. The number of nitrogens with zero attached hydrogens (tertiary/aromatic N) is 1. The van der Waals surface area contributed by atoms with Gasteiger partial charge in [0.25, 0.3) is 0 Å². The van der Waals surface area contributed by atoms with Crippen molar-refractivity contribution < 1.29 is 14.1 Å². The third kappa shape index (κ3) is 2.95. The summed E-state index contributed by atoms with van der Waals surface area (Å²) in [6, 6.07) is 3.35. The van der Waals surface area contributed by atoms with Gasteiger partial charge >= 0.3 is 7.12 Å². The molecule has 1 aliphatic rings. The molecule has 1 saturated heterocycles. The topological polar surface area (TPSA) is 48.4 Å². The Morgan fingerprint density at radius 1 is 1.20 bits per heavy atom. The molecule has 0 amide bonds. The van der Waals surface area contributed by atoms with Crippen LogP contribution in [0.25, 0.3) is 6.08 Å². The van der Waals surface area contributed by atoms with E-state index in [1.165, 1.54) is 0 Å². The molecule has 1 aromatic rings. The van der Waals surface area contributed by atoms with Crippen LogP contribution < -0.4 is 0 Å². The Bertz CT molecular complexity index is 541. The van der Waals surface area contributed by atoms with Gasteiger partial charge in [-0.2, -0.15) is 0 Å². The quantitative estimate of drug-likeness (QED) is 0.488. The summed E-state index contributed by atoms with van der Waals surface area (Å²) in [6.45, 7) is 7.98. The van der Waals surface area contributed by atoms with E-state index in [0.29, 0.717) is 17.5 Å². The van der Waals surface area contributed by atoms with Crippen molar-refractivity contribution in [2.75, 3.05) is 0 Å². The van der Waals surface area contributed by atoms with Crippen LogP contribution in [0.1, 0.15) is 43.7 Å². The van der Waals surface area contributed by atoms with Gasteiger partial charge in [0.05, 0.1) is 22.5 Å². The lowest BCUT2D eigenvalue weighted by atomic mass is 9.89. The molecule has 0 N–H and O–H groups in total. The second kappa shape index (κ2) is 5.32. The van der Waals surface area contributed by atoms with Crippen LogP contribution in [-0.4, -0.2) is 29.6 Å². The van der Waals surface area contributed by atoms with E-state index in [9.17, 15) is 4.79 Å². The molecule has 0 bridgehead atoms. The van der Waals surface area contributed by atoms with E-state index in [0.717, 1.165) is 0 Å². The lowest BCUT2D eigenvalue weighted by Crippen LogP contribution is -2.41. The predicted molar refractivity (Wildman–Crippen MR) is 79.8 cm³/mol. The Morgan fingerprint density at radius 2 is 1.80 bits per heavy atom. The fourth-order valence-corrected chi connectivity index (χ4v) is 1.99. The van der Waals surface area contributed by atoms with Crippen molar-refractivity contribution in [1.29, 1.82) is 0 Å². The number of hydrogen-bond acceptors (Lipinski definition) is 4. The van der Waals surface area contributed by atoms with Crippen LogP contribution in [0.2, 0.25) is 5.15 Å². The number of hydrogen-bond donors (Lipinski definition) is 0. The molecule has 0 saturated carbocycles. The van der Waals surface area contributed by atoms with Crippen LogP contribution >= 0.6 is 11.6 Å². The molecule has 2 rings (SSSR count). The zero-order valence-corrected chi connectivity index (χ0v) is 12.8. The van der Waals surface area contributed by atoms with Crippen LogP contribution in [-0.2, 0) is 9.31 Å². The van der Waals surface area contributed by atoms with Crippen molar-refractivity contribution in [2.45, 2.75) is 38.9 Å². The van der Waals surface area contributed by atoms with Gasteiger partial charge in [-0.15, -0.1) is 0 Å². The standard InChI is InChI=1S/C14H17BClNO3/c1-13(2)14(3,4)20-15(19-13)8-7-11-6-5-10(9-18)12(16)17-11/h5-9H,1-4H3/b8-7+. The van der Waals surface area contributed by atoms with Gasteiger partial charge in [-0.25, -0.2) is 4.98 Å². The zero-order chi connectivity index (χ0) is 15.0. The Hall–Kier alpha value is -1.17. The molecule has 1 aromatic heterocycles. The summed E-state index contributed by atoms with van der Waals surface area (Å²) >= 11 is 5.88. The molecule has 0 spiro atoms. The number of pyridine rings is 1. The molecule has 1 aliphatic heterocycles. The minimum Gasteiger partial charge on any atom is -0.400 e. The molecular weight excluding hydrogens is 276 g/mol. The van der Waals surface area contributed by atoms with E-state index in [-0.39, 0.29) is 16.4 Å². The first-order valence-corrected chi connectivity index (χ1v) is 6.78. The highest BCUT2D eigenvalue weighted by Gasteiger charge is 2.49. The summed E-state index contributed by atoms with van der Waals surface area (Å²) in [4.78, 5) is 14.8. The number of rotatable bonds is 3. The number of aldehydes is 1. The molecule has 0 unspecified atom stereocenters. The number of carbonyl (C=O) groups excluding carboxylic acids is 1. The third-order valence-electron chi connectivity index (χ3n) is 3.72. The van der Waals surface area contributed by atoms with Gasteiger partial charge in [-0.3, -0.25) is 4.79 Å². The normalized spacial score (nSPS) is 20.6. The maximum absolute atomic E-state index is 10.7. The fraction of sp³-hybridized carbons (Fsp3) is 0.429. The Kier molecular flexibility index (Phi) is 4.05. The molecule has 0 aromatic carbocycles. The van der Waals surface area contributed by atoms with Gasteiger partial charge in [0, 0.05) is 0 Å². The number of halogens is 1. The number of carbonyl (C=O) groups is 1. The second-order valence-electron chi connectivity index (χ2n) is 5.72. The van der Waals surface area contributed by atoms with Crippen molar-refractivity contribution in [3.05, 3.63) is 34.5 Å². The van der Waals surface area contributed by atoms with E-state index in [1.807, 2.05) is 27.7 Å². The largest absolute Gasteiger partial charge is 0.487 e. The van der Waals surface area contributed by atoms with Gasteiger partial charge < -0.3 is 9.31 Å². The van der Waals surface area contributed by atoms with Crippen molar-refractivity contribution in [1.82, 2.24) is 4.98 Å². The van der Waals surface area contributed by atoms with Gasteiger partial charge in [-0.1, -0.05) is 17.6 Å². The maximum atomic E-state index is 10.7. The summed E-state index contributed by atoms with van der Waals surface area (Å²) in [7, 11) is -0.425. The Balaban J connectivity index is 2.12. The molecule has 6 heteroatoms. The van der Waals surface area contributed by atoms with E-state index in [1.54, 1.807) is 24.2 Å². The minimum absolute atomic E-state index is 0.191. The summed E-state index contributed by atoms with van der Waals surface area (Å²) < 4.78 is 11.7. The molecule has 0 radical (unpaired) electrons. The van der Waals surface area contributed by atoms with E-state index in [4.69, 9.17) is 20.9 Å². The second-order valence-corrected chi connectivity index (χ2v) is 6.08. The first kappa shape index (κ1) is 15.2. The molecule has 0 atom stereocenters. The summed E-state index contributed by atoms with van der Waals surface area (Å²) in [5.41, 5.74) is 0.290. The summed E-state index contributed by atoms with van der Waals surface area (Å²) in [6.07, 6.45) is 2.44. The average molecular weight is 294 g/mol. The zero-order valence-electron chi connectivity index (χ0n) is 12.0. The molecule has 2 heterocycles. The summed E-state index contributed by atoms with van der Waals surface area (Å²) in [5.74, 6) is 1.79. The van der Waals surface area contributed by atoms with Crippen LogP contribution in [0.15, 0.2) is 18.1 Å². The van der Waals surface area contributed by atoms with Crippen LogP contribution in [0.5, 0.6) is 0 Å². The monoisotopic (exact) mass is 293 g/mol. The van der Waals surface area contributed by atoms with Crippen molar-refractivity contribution >= 4 is 31.1 Å². The van der Waals surface area contributed by atoms with Crippen molar-refractivity contribution in [3.63, 3.8) is 0 Å². The molecule has 20 heavy (non-hydrogen) atoms. The van der Waals surface area contributed by atoms with Crippen LogP contribution in [0.3, 0.4) is 0 Å². The van der Waals surface area contributed by atoms with Crippen LogP contribution in [0, 0.1) is 0 Å². The molecule has 106 valence electrons. The van der Waals surface area contributed by atoms with Gasteiger partial charge in [0.15, 0.2) is 6.29 Å². The fourth-order valence-electron chi connectivity index (χ4n) is 1.78. The smallest absolute Gasteiger partial charge is 0.400 e. The van der Waals surface area contributed by atoms with Gasteiger partial charge in [-0.05, 0) is 45.9 Å². The molecular formula is C14H17BClNO3.